The summed E-state index contributed by atoms with van der Waals surface area (Å²) < 4.78 is 5.07. The van der Waals surface area contributed by atoms with Gasteiger partial charge < -0.3 is 10.5 Å². The fourth-order valence-electron chi connectivity index (χ4n) is 1.19. The Bertz CT molecular complexity index is 241. The molecular weight excluding hydrogens is 162 g/mol. The minimum Gasteiger partial charge on any atom is -0.497 e. The lowest BCUT2D eigenvalue weighted by Gasteiger charge is -2.05. The van der Waals surface area contributed by atoms with Crippen molar-refractivity contribution in [2.75, 3.05) is 7.11 Å². The molecule has 2 N–H and O–H groups in total. The van der Waals surface area contributed by atoms with E-state index in [-0.39, 0.29) is 6.04 Å². The Balaban J connectivity index is 2.49. The first-order valence-corrected chi connectivity index (χ1v) is 4.61. The maximum atomic E-state index is 5.67. The van der Waals surface area contributed by atoms with Gasteiger partial charge in [-0.05, 0) is 37.5 Å². The highest BCUT2D eigenvalue weighted by Crippen LogP contribution is 2.12. The van der Waals surface area contributed by atoms with Crippen molar-refractivity contribution in [2.45, 2.75) is 25.8 Å². The average Bonchev–Trinajstić information content (AvgIpc) is 2.15. The van der Waals surface area contributed by atoms with E-state index in [9.17, 15) is 0 Å². The van der Waals surface area contributed by atoms with E-state index < -0.39 is 0 Å². The third kappa shape index (κ3) is 3.47. The minimum absolute atomic E-state index is 0.280. The topological polar surface area (TPSA) is 35.2 Å². The van der Waals surface area contributed by atoms with Crippen LogP contribution in [0, 0.1) is 0 Å². The van der Waals surface area contributed by atoms with Crippen LogP contribution < -0.4 is 10.5 Å². The van der Waals surface area contributed by atoms with E-state index >= 15 is 0 Å². The second kappa shape index (κ2) is 4.87. The lowest BCUT2D eigenvalue weighted by atomic mass is 10.1. The molecule has 0 aliphatic heterocycles. The SMILES string of the molecule is COc1ccc(CCC(C)N)cc1. The smallest absolute Gasteiger partial charge is 0.118 e. The summed E-state index contributed by atoms with van der Waals surface area (Å²) in [6, 6.07) is 8.41. The predicted octanol–water partition coefficient (Wildman–Crippen LogP) is 1.98. The van der Waals surface area contributed by atoms with Gasteiger partial charge in [-0.1, -0.05) is 12.1 Å². The zero-order chi connectivity index (χ0) is 9.68. The van der Waals surface area contributed by atoms with Crippen molar-refractivity contribution >= 4 is 0 Å². The quantitative estimate of drug-likeness (QED) is 0.767. The summed E-state index contributed by atoms with van der Waals surface area (Å²) in [6.45, 7) is 2.03. The van der Waals surface area contributed by atoms with Gasteiger partial charge in [-0.15, -0.1) is 0 Å². The first-order chi connectivity index (χ1) is 6.22. The van der Waals surface area contributed by atoms with Crippen LogP contribution in [0.2, 0.25) is 0 Å². The number of methoxy groups -OCH3 is 1. The van der Waals surface area contributed by atoms with Crippen molar-refractivity contribution in [1.82, 2.24) is 0 Å². The van der Waals surface area contributed by atoms with Gasteiger partial charge in [0.05, 0.1) is 7.11 Å². The molecule has 0 amide bonds. The van der Waals surface area contributed by atoms with Gasteiger partial charge in [0.25, 0.3) is 0 Å². The summed E-state index contributed by atoms with van der Waals surface area (Å²) in [6.07, 6.45) is 2.08. The molecule has 1 aromatic rings. The van der Waals surface area contributed by atoms with E-state index in [0.29, 0.717) is 0 Å². The molecule has 1 unspecified atom stereocenters. The highest BCUT2D eigenvalue weighted by atomic mass is 16.5. The molecule has 1 atom stereocenters. The summed E-state index contributed by atoms with van der Waals surface area (Å²) >= 11 is 0. The largest absolute Gasteiger partial charge is 0.497 e. The summed E-state index contributed by atoms with van der Waals surface area (Å²) in [7, 11) is 1.68. The van der Waals surface area contributed by atoms with E-state index in [1.54, 1.807) is 7.11 Å². The molecule has 0 heterocycles. The van der Waals surface area contributed by atoms with E-state index in [1.807, 2.05) is 19.1 Å². The number of ether oxygens (including phenoxy) is 1. The Kier molecular flexibility index (Phi) is 3.77. The zero-order valence-electron chi connectivity index (χ0n) is 8.29. The normalized spacial score (nSPS) is 12.5. The van der Waals surface area contributed by atoms with Crippen molar-refractivity contribution < 1.29 is 4.74 Å². The van der Waals surface area contributed by atoms with Gasteiger partial charge >= 0.3 is 0 Å². The molecule has 1 aromatic carbocycles. The summed E-state index contributed by atoms with van der Waals surface area (Å²) in [5.74, 6) is 0.907. The number of rotatable bonds is 4. The van der Waals surface area contributed by atoms with Crippen molar-refractivity contribution in [1.29, 1.82) is 0 Å². The van der Waals surface area contributed by atoms with Gasteiger partial charge in [-0.3, -0.25) is 0 Å². The number of aryl methyl sites for hydroxylation is 1. The molecule has 0 aromatic heterocycles. The molecule has 0 radical (unpaired) electrons. The Labute approximate surface area is 79.7 Å². The number of hydrogen-bond acceptors (Lipinski definition) is 2. The molecule has 0 aliphatic carbocycles. The second-order valence-electron chi connectivity index (χ2n) is 3.36. The molecule has 0 aliphatic rings. The molecule has 2 heteroatoms. The van der Waals surface area contributed by atoms with Gasteiger partial charge in [0.15, 0.2) is 0 Å². The molecular formula is C11H17NO. The maximum Gasteiger partial charge on any atom is 0.118 e. The number of hydrogen-bond donors (Lipinski definition) is 1. The molecule has 13 heavy (non-hydrogen) atoms. The van der Waals surface area contributed by atoms with E-state index in [0.717, 1.165) is 18.6 Å². The van der Waals surface area contributed by atoms with Crippen LogP contribution in [0.4, 0.5) is 0 Å². The Morgan fingerprint density at radius 3 is 2.38 bits per heavy atom. The van der Waals surface area contributed by atoms with Crippen molar-refractivity contribution in [3.8, 4) is 5.75 Å². The average molecular weight is 179 g/mol. The lowest BCUT2D eigenvalue weighted by molar-refractivity contribution is 0.414. The first-order valence-electron chi connectivity index (χ1n) is 4.61. The molecule has 0 spiro atoms. The van der Waals surface area contributed by atoms with Crippen LogP contribution in [0.25, 0.3) is 0 Å². The number of benzene rings is 1. The Morgan fingerprint density at radius 2 is 1.92 bits per heavy atom. The Morgan fingerprint density at radius 1 is 1.31 bits per heavy atom. The van der Waals surface area contributed by atoms with Crippen LogP contribution in [0.15, 0.2) is 24.3 Å². The third-order valence-corrected chi connectivity index (χ3v) is 2.05. The summed E-state index contributed by atoms with van der Waals surface area (Å²) in [5.41, 5.74) is 6.99. The van der Waals surface area contributed by atoms with Crippen molar-refractivity contribution in [2.24, 2.45) is 5.73 Å². The molecule has 2 nitrogen and oxygen atoms in total. The van der Waals surface area contributed by atoms with Crippen LogP contribution in [0.5, 0.6) is 5.75 Å². The molecule has 0 fully saturated rings. The highest BCUT2D eigenvalue weighted by molar-refractivity contribution is 5.27. The summed E-state index contributed by atoms with van der Waals surface area (Å²) in [4.78, 5) is 0. The lowest BCUT2D eigenvalue weighted by Crippen LogP contribution is -2.15. The molecule has 1 rings (SSSR count). The second-order valence-corrected chi connectivity index (χ2v) is 3.36. The zero-order valence-corrected chi connectivity index (χ0v) is 8.29. The Hall–Kier alpha value is -1.02. The van der Waals surface area contributed by atoms with E-state index in [2.05, 4.69) is 12.1 Å². The minimum atomic E-state index is 0.280. The highest BCUT2D eigenvalue weighted by Gasteiger charge is 1.97. The van der Waals surface area contributed by atoms with Gasteiger partial charge in [-0.2, -0.15) is 0 Å². The van der Waals surface area contributed by atoms with Gasteiger partial charge in [0.2, 0.25) is 0 Å². The molecule has 0 saturated carbocycles. The molecule has 0 bridgehead atoms. The van der Waals surface area contributed by atoms with E-state index in [1.165, 1.54) is 5.56 Å². The fraction of sp³-hybridized carbons (Fsp3) is 0.455. The van der Waals surface area contributed by atoms with Gasteiger partial charge in [0, 0.05) is 6.04 Å². The summed E-state index contributed by atoms with van der Waals surface area (Å²) in [5, 5.41) is 0. The van der Waals surface area contributed by atoms with E-state index in [4.69, 9.17) is 10.5 Å². The van der Waals surface area contributed by atoms with Gasteiger partial charge in [0.1, 0.15) is 5.75 Å². The number of nitrogens with two attached hydrogens (primary N) is 1. The van der Waals surface area contributed by atoms with Crippen LogP contribution in [0.3, 0.4) is 0 Å². The fourth-order valence-corrected chi connectivity index (χ4v) is 1.19. The van der Waals surface area contributed by atoms with Gasteiger partial charge in [-0.25, -0.2) is 0 Å². The van der Waals surface area contributed by atoms with Crippen LogP contribution in [0.1, 0.15) is 18.9 Å². The van der Waals surface area contributed by atoms with Crippen LogP contribution >= 0.6 is 0 Å². The monoisotopic (exact) mass is 179 g/mol. The van der Waals surface area contributed by atoms with Crippen molar-refractivity contribution in [3.63, 3.8) is 0 Å². The predicted molar refractivity (Wildman–Crippen MR) is 55.0 cm³/mol. The van der Waals surface area contributed by atoms with Crippen LogP contribution in [-0.4, -0.2) is 13.2 Å². The first kappa shape index (κ1) is 10.1. The van der Waals surface area contributed by atoms with Crippen LogP contribution in [-0.2, 0) is 6.42 Å². The molecule has 72 valence electrons. The molecule has 0 saturated heterocycles. The maximum absolute atomic E-state index is 5.67. The third-order valence-electron chi connectivity index (χ3n) is 2.05. The standard InChI is InChI=1S/C11H17NO/c1-9(12)3-4-10-5-7-11(13-2)8-6-10/h5-9H,3-4,12H2,1-2H3. The van der Waals surface area contributed by atoms with Crippen molar-refractivity contribution in [3.05, 3.63) is 29.8 Å².